The summed E-state index contributed by atoms with van der Waals surface area (Å²) in [7, 11) is 0. The van der Waals surface area contributed by atoms with Gasteiger partial charge in [0.15, 0.2) is 0 Å². The number of rotatable bonds is 5. The molecule has 38 heavy (non-hydrogen) atoms. The van der Waals surface area contributed by atoms with E-state index in [0.717, 1.165) is 30.6 Å². The van der Waals surface area contributed by atoms with Crippen LogP contribution in [0.25, 0.3) is 0 Å². The van der Waals surface area contributed by atoms with E-state index >= 15 is 0 Å². The number of carbonyl (C=O) groups is 2. The number of nitrogens with zero attached hydrogens (tertiary/aromatic N) is 5. The van der Waals surface area contributed by atoms with Crippen molar-refractivity contribution < 1.29 is 14.4 Å². The molecule has 13 heteroatoms. The first-order valence-corrected chi connectivity index (χ1v) is 13.7. The zero-order valence-corrected chi connectivity index (χ0v) is 22.9. The van der Waals surface area contributed by atoms with Crippen LogP contribution in [0.2, 0.25) is 15.1 Å². The highest BCUT2D eigenvalue weighted by atomic mass is 35.5. The summed E-state index contributed by atoms with van der Waals surface area (Å²) in [4.78, 5) is 40.4. The number of amidine groups is 1. The fraction of sp³-hybridized carbons (Fsp3) is 0.440. The predicted octanol–water partition coefficient (Wildman–Crippen LogP) is 4.41. The van der Waals surface area contributed by atoms with Gasteiger partial charge >= 0.3 is 11.9 Å². The molecule has 3 amide bonds. The summed E-state index contributed by atoms with van der Waals surface area (Å²) in [5.41, 5.74) is 2.70. The van der Waals surface area contributed by atoms with E-state index in [0.29, 0.717) is 54.1 Å². The summed E-state index contributed by atoms with van der Waals surface area (Å²) in [5.74, 6) is 0.160. The lowest BCUT2D eigenvalue weighted by Gasteiger charge is -2.38. The molecule has 10 nitrogen and oxygen atoms in total. The number of benzene rings is 1. The minimum Gasteiger partial charge on any atom is -0.364 e. The van der Waals surface area contributed by atoms with Crippen LogP contribution in [0.4, 0.5) is 10.6 Å². The SMILES string of the molecule is O=C(NN1CCN(c2ncccc2Cl)CC1)C1=NOC2(CCCCC2)N1C(=O)NCc1ccc(Cl)c(Cl)c1. The van der Waals surface area contributed by atoms with Gasteiger partial charge in [-0.15, -0.1) is 0 Å². The van der Waals surface area contributed by atoms with Crippen LogP contribution >= 0.6 is 34.8 Å². The minimum absolute atomic E-state index is 0.0614. The molecule has 2 aromatic rings. The first-order chi connectivity index (χ1) is 18.4. The van der Waals surface area contributed by atoms with Gasteiger partial charge in [-0.25, -0.2) is 19.7 Å². The monoisotopic (exact) mass is 579 g/mol. The second kappa shape index (κ2) is 11.5. The summed E-state index contributed by atoms with van der Waals surface area (Å²) in [6, 6.07) is 8.29. The van der Waals surface area contributed by atoms with E-state index in [2.05, 4.69) is 25.8 Å². The van der Waals surface area contributed by atoms with E-state index in [1.807, 2.05) is 0 Å². The first kappa shape index (κ1) is 26.8. The first-order valence-electron chi connectivity index (χ1n) is 12.6. The molecule has 2 N–H and O–H groups in total. The maximum Gasteiger partial charge on any atom is 0.326 e. The largest absolute Gasteiger partial charge is 0.364 e. The highest BCUT2D eigenvalue weighted by Gasteiger charge is 2.52. The molecular formula is C25H28Cl3N7O3. The number of aromatic nitrogens is 1. The van der Waals surface area contributed by atoms with E-state index in [1.54, 1.807) is 41.5 Å². The number of hydrogen-bond acceptors (Lipinski definition) is 7. The quantitative estimate of drug-likeness (QED) is 0.543. The normalized spacial score (nSPS) is 19.2. The Kier molecular flexibility index (Phi) is 8.13. The number of anilines is 1. The van der Waals surface area contributed by atoms with Gasteiger partial charge in [0.2, 0.25) is 11.6 Å². The van der Waals surface area contributed by atoms with Gasteiger partial charge in [0.05, 0.1) is 15.1 Å². The average molecular weight is 581 g/mol. The molecule has 1 aliphatic carbocycles. The van der Waals surface area contributed by atoms with Crippen molar-refractivity contribution in [3.8, 4) is 0 Å². The molecule has 2 fully saturated rings. The average Bonchev–Trinajstić information content (AvgIpc) is 3.28. The van der Waals surface area contributed by atoms with Crippen LogP contribution in [0.15, 0.2) is 41.7 Å². The molecule has 1 spiro atoms. The van der Waals surface area contributed by atoms with Gasteiger partial charge in [0.25, 0.3) is 0 Å². The van der Waals surface area contributed by atoms with Crippen LogP contribution in [0, 0.1) is 0 Å². The topological polar surface area (TPSA) is 102 Å². The highest BCUT2D eigenvalue weighted by molar-refractivity contribution is 6.42. The molecule has 3 aliphatic rings. The van der Waals surface area contributed by atoms with Crippen molar-refractivity contribution in [2.24, 2.45) is 5.16 Å². The lowest BCUT2D eigenvalue weighted by molar-refractivity contribution is -0.121. The molecule has 0 atom stereocenters. The third kappa shape index (κ3) is 5.63. The Bertz CT molecular complexity index is 1230. The van der Waals surface area contributed by atoms with Crippen LogP contribution in [-0.2, 0) is 16.2 Å². The van der Waals surface area contributed by atoms with Crippen LogP contribution in [0.5, 0.6) is 0 Å². The molecule has 1 saturated heterocycles. The molecule has 1 aromatic carbocycles. The Morgan fingerprint density at radius 1 is 0.974 bits per heavy atom. The molecule has 1 saturated carbocycles. The Morgan fingerprint density at radius 3 is 2.45 bits per heavy atom. The third-order valence-electron chi connectivity index (χ3n) is 6.97. The summed E-state index contributed by atoms with van der Waals surface area (Å²) in [6.45, 7) is 2.54. The number of amides is 3. The fourth-order valence-corrected chi connectivity index (χ4v) is 5.55. The number of oxime groups is 1. The van der Waals surface area contributed by atoms with Gasteiger partial charge in [0.1, 0.15) is 5.82 Å². The number of piperazine rings is 1. The van der Waals surface area contributed by atoms with Crippen molar-refractivity contribution in [3.63, 3.8) is 0 Å². The van der Waals surface area contributed by atoms with Crippen LogP contribution in [0.3, 0.4) is 0 Å². The predicted molar refractivity (Wildman–Crippen MR) is 146 cm³/mol. The number of hydrogen-bond donors (Lipinski definition) is 2. The van der Waals surface area contributed by atoms with Gasteiger partial charge in [-0.2, -0.15) is 0 Å². The number of halogens is 3. The number of carbonyl (C=O) groups excluding carboxylic acids is 2. The number of pyridine rings is 1. The van der Waals surface area contributed by atoms with Gasteiger partial charge < -0.3 is 15.1 Å². The highest BCUT2D eigenvalue weighted by Crippen LogP contribution is 2.39. The second-order valence-electron chi connectivity index (χ2n) is 9.48. The Labute approximate surface area is 235 Å². The number of nitrogens with one attached hydrogen (secondary N) is 2. The molecule has 0 bridgehead atoms. The third-order valence-corrected chi connectivity index (χ3v) is 8.00. The molecule has 3 heterocycles. The van der Waals surface area contributed by atoms with E-state index in [9.17, 15) is 9.59 Å². The van der Waals surface area contributed by atoms with E-state index in [4.69, 9.17) is 39.6 Å². The molecule has 202 valence electrons. The molecular weight excluding hydrogens is 553 g/mol. The smallest absolute Gasteiger partial charge is 0.326 e. The Balaban J connectivity index is 1.24. The second-order valence-corrected chi connectivity index (χ2v) is 10.7. The summed E-state index contributed by atoms with van der Waals surface area (Å²) in [6.07, 6.45) is 5.68. The lowest BCUT2D eigenvalue weighted by Crippen LogP contribution is -2.61. The van der Waals surface area contributed by atoms with E-state index in [1.165, 1.54) is 4.90 Å². The van der Waals surface area contributed by atoms with Gasteiger partial charge in [-0.05, 0) is 42.7 Å². The summed E-state index contributed by atoms with van der Waals surface area (Å²) >= 11 is 18.4. The molecule has 0 unspecified atom stereocenters. The summed E-state index contributed by atoms with van der Waals surface area (Å²) in [5, 5.41) is 10.2. The molecule has 1 aromatic heterocycles. The van der Waals surface area contributed by atoms with Crippen LogP contribution in [-0.4, -0.2) is 64.6 Å². The van der Waals surface area contributed by atoms with Gasteiger partial charge in [0, 0.05) is 51.8 Å². The zero-order valence-electron chi connectivity index (χ0n) is 20.6. The fourth-order valence-electron chi connectivity index (χ4n) is 4.99. The Hall–Kier alpha value is -2.79. The maximum atomic E-state index is 13.5. The standard InChI is InChI=1S/C25H28Cl3N7O3/c26-18-7-6-17(15-20(18)28)16-30-24(37)35-22(32-38-25(35)8-2-1-3-9-25)23(36)31-34-13-11-33(12-14-34)21-19(27)5-4-10-29-21/h4-7,10,15H,1-3,8-9,11-14,16H2,(H,30,37)(H,31,36). The van der Waals surface area contributed by atoms with Crippen LogP contribution < -0.4 is 15.6 Å². The van der Waals surface area contributed by atoms with Crippen LogP contribution in [0.1, 0.15) is 37.7 Å². The number of hydrazine groups is 1. The van der Waals surface area contributed by atoms with Gasteiger partial charge in [-0.3, -0.25) is 10.2 Å². The molecule has 2 aliphatic heterocycles. The van der Waals surface area contributed by atoms with E-state index in [-0.39, 0.29) is 12.4 Å². The van der Waals surface area contributed by atoms with Crippen molar-refractivity contribution in [1.29, 1.82) is 0 Å². The van der Waals surface area contributed by atoms with Crippen molar-refractivity contribution in [3.05, 3.63) is 57.2 Å². The number of urea groups is 1. The van der Waals surface area contributed by atoms with Crippen molar-refractivity contribution in [2.75, 3.05) is 31.1 Å². The van der Waals surface area contributed by atoms with Gasteiger partial charge in [-0.1, -0.05) is 52.4 Å². The molecule has 0 radical (unpaired) electrons. The molecule has 5 rings (SSSR count). The Morgan fingerprint density at radius 2 is 1.74 bits per heavy atom. The van der Waals surface area contributed by atoms with Crippen molar-refractivity contribution in [2.45, 2.75) is 44.4 Å². The van der Waals surface area contributed by atoms with E-state index < -0.39 is 17.7 Å². The maximum absolute atomic E-state index is 13.5. The zero-order chi connectivity index (χ0) is 26.7. The summed E-state index contributed by atoms with van der Waals surface area (Å²) < 4.78 is 0. The van der Waals surface area contributed by atoms with Crippen molar-refractivity contribution in [1.82, 2.24) is 25.6 Å². The minimum atomic E-state index is -0.971. The lowest BCUT2D eigenvalue weighted by atomic mass is 9.90. The van der Waals surface area contributed by atoms with Crippen molar-refractivity contribution >= 4 is 58.4 Å².